The summed E-state index contributed by atoms with van der Waals surface area (Å²) < 4.78 is 5.12. The summed E-state index contributed by atoms with van der Waals surface area (Å²) in [4.78, 5) is 24.6. The lowest BCUT2D eigenvalue weighted by molar-refractivity contribution is -0.123. The van der Waals surface area contributed by atoms with E-state index in [0.29, 0.717) is 11.4 Å². The number of likely N-dealkylation sites (N-methyl/N-ethyl adjacent to an activating group) is 1. The van der Waals surface area contributed by atoms with Gasteiger partial charge in [0.2, 0.25) is 11.8 Å². The second-order valence-electron chi connectivity index (χ2n) is 4.04. The molecule has 0 aromatic heterocycles. The molecule has 1 atom stereocenters. The van der Waals surface area contributed by atoms with Gasteiger partial charge in [-0.3, -0.25) is 9.59 Å². The van der Waals surface area contributed by atoms with Crippen molar-refractivity contribution in [3.63, 3.8) is 0 Å². The Labute approximate surface area is 105 Å². The lowest BCUT2D eigenvalue weighted by Gasteiger charge is -2.16. The summed E-state index contributed by atoms with van der Waals surface area (Å²) in [5, 5.41) is 2.93. The van der Waals surface area contributed by atoms with Gasteiger partial charge in [0.1, 0.15) is 18.3 Å². The van der Waals surface area contributed by atoms with Crippen LogP contribution in [0.25, 0.3) is 0 Å². The molecule has 0 fully saturated rings. The zero-order valence-corrected chi connectivity index (χ0v) is 10.3. The van der Waals surface area contributed by atoms with Gasteiger partial charge < -0.3 is 20.7 Å². The van der Waals surface area contributed by atoms with Gasteiger partial charge in [0.05, 0.1) is 12.8 Å². The van der Waals surface area contributed by atoms with Gasteiger partial charge in [-0.1, -0.05) is 6.07 Å². The van der Waals surface area contributed by atoms with E-state index in [0.717, 1.165) is 5.56 Å². The van der Waals surface area contributed by atoms with Crippen LogP contribution < -0.4 is 20.7 Å². The van der Waals surface area contributed by atoms with Gasteiger partial charge in [-0.05, 0) is 13.1 Å². The lowest BCUT2D eigenvalue weighted by atomic mass is 10.1. The Balaban J connectivity index is 2.46. The summed E-state index contributed by atoms with van der Waals surface area (Å²) in [6.07, 6.45) is 0. The molecule has 6 heteroatoms. The van der Waals surface area contributed by atoms with Crippen molar-refractivity contribution < 1.29 is 14.3 Å². The number of benzene rings is 1. The van der Waals surface area contributed by atoms with Crippen LogP contribution in [0.3, 0.4) is 0 Å². The average Bonchev–Trinajstić information content (AvgIpc) is 2.61. The van der Waals surface area contributed by atoms with Gasteiger partial charge in [-0.25, -0.2) is 0 Å². The molecular weight excluding hydrogens is 234 g/mol. The minimum Gasteiger partial charge on any atom is -0.497 e. The number of hydrogen-bond acceptors (Lipinski definition) is 4. The van der Waals surface area contributed by atoms with Crippen LogP contribution in [-0.4, -0.2) is 32.5 Å². The van der Waals surface area contributed by atoms with Crippen LogP contribution >= 0.6 is 0 Å². The summed E-state index contributed by atoms with van der Waals surface area (Å²) in [7, 11) is 3.25. The van der Waals surface area contributed by atoms with Crippen LogP contribution in [-0.2, 0) is 9.59 Å². The molecule has 1 aliphatic heterocycles. The quantitative estimate of drug-likeness (QED) is 0.773. The van der Waals surface area contributed by atoms with Crippen molar-refractivity contribution in [1.82, 2.24) is 5.32 Å². The Bertz CT molecular complexity index is 501. The highest BCUT2D eigenvalue weighted by Crippen LogP contribution is 2.37. The zero-order chi connectivity index (χ0) is 13.3. The highest BCUT2D eigenvalue weighted by Gasteiger charge is 2.37. The van der Waals surface area contributed by atoms with Gasteiger partial charge in [0, 0.05) is 11.6 Å². The molecule has 1 aromatic rings. The van der Waals surface area contributed by atoms with E-state index in [2.05, 4.69) is 5.32 Å². The highest BCUT2D eigenvalue weighted by molar-refractivity contribution is 6.07. The second kappa shape index (κ2) is 4.66. The van der Waals surface area contributed by atoms with Gasteiger partial charge in [-0.15, -0.1) is 0 Å². The van der Waals surface area contributed by atoms with Gasteiger partial charge in [0.25, 0.3) is 0 Å². The summed E-state index contributed by atoms with van der Waals surface area (Å²) >= 11 is 0. The molecule has 0 spiro atoms. The summed E-state index contributed by atoms with van der Waals surface area (Å²) in [6, 6.07) is 4.89. The second-order valence-corrected chi connectivity index (χ2v) is 4.04. The van der Waals surface area contributed by atoms with Crippen LogP contribution in [0.15, 0.2) is 18.2 Å². The molecule has 0 radical (unpaired) electrons. The number of carbonyl (C=O) groups is 2. The third kappa shape index (κ3) is 1.91. The summed E-state index contributed by atoms with van der Waals surface area (Å²) in [5.74, 6) is -0.0961. The molecule has 1 heterocycles. The number of hydrogen-bond donors (Lipinski definition) is 2. The van der Waals surface area contributed by atoms with Crippen LogP contribution in [0.1, 0.15) is 11.6 Å². The Hall–Kier alpha value is -2.08. The maximum Gasteiger partial charge on any atom is 0.249 e. The minimum absolute atomic E-state index is 0.128. The first kappa shape index (κ1) is 12.4. The number of nitrogens with zero attached hydrogens (tertiary/aromatic N) is 1. The first-order chi connectivity index (χ1) is 8.58. The van der Waals surface area contributed by atoms with E-state index in [-0.39, 0.29) is 12.5 Å². The predicted molar refractivity (Wildman–Crippen MR) is 66.3 cm³/mol. The van der Waals surface area contributed by atoms with E-state index in [1.54, 1.807) is 26.3 Å². The van der Waals surface area contributed by atoms with Crippen LogP contribution in [0.2, 0.25) is 0 Å². The smallest absolute Gasteiger partial charge is 0.249 e. The molecule has 18 heavy (non-hydrogen) atoms. The summed E-state index contributed by atoms with van der Waals surface area (Å²) in [6.45, 7) is -0.128. The molecule has 6 nitrogen and oxygen atoms in total. The topological polar surface area (TPSA) is 84.7 Å². The average molecular weight is 249 g/mol. The van der Waals surface area contributed by atoms with Crippen LogP contribution in [0, 0.1) is 0 Å². The number of ether oxygens (including phenoxy) is 1. The third-order valence-corrected chi connectivity index (χ3v) is 2.96. The Morgan fingerprint density at radius 2 is 2.28 bits per heavy atom. The fourth-order valence-electron chi connectivity index (χ4n) is 2.13. The van der Waals surface area contributed by atoms with Gasteiger partial charge in [0.15, 0.2) is 0 Å². The molecule has 1 aromatic carbocycles. The fraction of sp³-hybridized carbons (Fsp3) is 0.333. The molecule has 1 aliphatic rings. The maximum absolute atomic E-state index is 12.1. The number of nitrogens with two attached hydrogens (primary N) is 1. The first-order valence-corrected chi connectivity index (χ1v) is 5.53. The molecule has 1 unspecified atom stereocenters. The molecule has 0 saturated heterocycles. The first-order valence-electron chi connectivity index (χ1n) is 5.53. The highest BCUT2D eigenvalue weighted by atomic mass is 16.5. The molecule has 3 N–H and O–H groups in total. The number of methoxy groups -OCH3 is 1. The minimum atomic E-state index is -0.547. The molecule has 2 rings (SSSR count). The number of primary amides is 1. The Kier molecular flexibility index (Phi) is 3.20. The van der Waals surface area contributed by atoms with Crippen molar-refractivity contribution in [3.8, 4) is 5.75 Å². The molecule has 0 aliphatic carbocycles. The SMILES string of the molecule is CNC1C(=O)N(CC(N)=O)c2cc(OC)ccc21. The Morgan fingerprint density at radius 3 is 2.83 bits per heavy atom. The van der Waals surface area contributed by atoms with E-state index in [4.69, 9.17) is 10.5 Å². The molecule has 2 amide bonds. The van der Waals surface area contributed by atoms with E-state index < -0.39 is 11.9 Å². The number of anilines is 1. The number of nitrogens with one attached hydrogen (secondary N) is 1. The van der Waals surface area contributed by atoms with E-state index in [1.165, 1.54) is 4.90 Å². The maximum atomic E-state index is 12.1. The summed E-state index contributed by atoms with van der Waals surface area (Å²) in [5.41, 5.74) is 6.65. The largest absolute Gasteiger partial charge is 0.497 e. The number of carbonyl (C=O) groups excluding carboxylic acids is 2. The molecule has 0 bridgehead atoms. The predicted octanol–water partition coefficient (Wildman–Crippen LogP) is -0.212. The molecule has 0 saturated carbocycles. The van der Waals surface area contributed by atoms with Crippen molar-refractivity contribution >= 4 is 17.5 Å². The zero-order valence-electron chi connectivity index (χ0n) is 10.3. The van der Waals surface area contributed by atoms with E-state index in [1.807, 2.05) is 6.07 Å². The van der Waals surface area contributed by atoms with Crippen molar-refractivity contribution in [2.45, 2.75) is 6.04 Å². The number of amides is 2. The standard InChI is InChI=1S/C12H15N3O3/c1-14-11-8-4-3-7(18-2)5-9(8)15(12(11)17)6-10(13)16/h3-5,11,14H,6H2,1-2H3,(H2,13,16). The molecule has 96 valence electrons. The third-order valence-electron chi connectivity index (χ3n) is 2.96. The molecular formula is C12H15N3O3. The Morgan fingerprint density at radius 1 is 1.56 bits per heavy atom. The van der Waals surface area contributed by atoms with Gasteiger partial charge >= 0.3 is 0 Å². The van der Waals surface area contributed by atoms with E-state index in [9.17, 15) is 9.59 Å². The van der Waals surface area contributed by atoms with Crippen molar-refractivity contribution in [2.75, 3.05) is 25.6 Å². The van der Waals surface area contributed by atoms with Crippen molar-refractivity contribution in [3.05, 3.63) is 23.8 Å². The van der Waals surface area contributed by atoms with E-state index >= 15 is 0 Å². The normalized spacial score (nSPS) is 17.8. The van der Waals surface area contributed by atoms with Crippen LogP contribution in [0.5, 0.6) is 5.75 Å². The number of fused-ring (bicyclic) bond motifs is 1. The van der Waals surface area contributed by atoms with Crippen molar-refractivity contribution in [1.29, 1.82) is 0 Å². The lowest BCUT2D eigenvalue weighted by Crippen LogP contribution is -2.39. The van der Waals surface area contributed by atoms with Crippen molar-refractivity contribution in [2.24, 2.45) is 5.73 Å². The fourth-order valence-corrected chi connectivity index (χ4v) is 2.13. The van der Waals surface area contributed by atoms with Gasteiger partial charge in [-0.2, -0.15) is 0 Å². The van der Waals surface area contributed by atoms with Crippen LogP contribution in [0.4, 0.5) is 5.69 Å². The monoisotopic (exact) mass is 249 g/mol. The number of rotatable bonds is 4.